The summed E-state index contributed by atoms with van der Waals surface area (Å²) in [5, 5.41) is 0. The van der Waals surface area contributed by atoms with Gasteiger partial charge in [-0.1, -0.05) is 6.92 Å². The summed E-state index contributed by atoms with van der Waals surface area (Å²) in [7, 11) is 1.59. The van der Waals surface area contributed by atoms with Crippen LogP contribution in [0.2, 0.25) is 0 Å². The molecule has 2 aromatic heterocycles. The molecule has 1 fully saturated rings. The topological polar surface area (TPSA) is 63.5 Å². The van der Waals surface area contributed by atoms with Gasteiger partial charge >= 0.3 is 0 Å². The zero-order chi connectivity index (χ0) is 16.9. The van der Waals surface area contributed by atoms with Gasteiger partial charge in [0, 0.05) is 45.1 Å². The highest BCUT2D eigenvalue weighted by molar-refractivity contribution is 5.94. The first-order chi connectivity index (χ1) is 11.7. The normalized spacial score (nSPS) is 14.8. The second-order valence-corrected chi connectivity index (χ2v) is 5.84. The number of amides is 1. The van der Waals surface area contributed by atoms with Crippen molar-refractivity contribution in [3.05, 3.63) is 36.4 Å². The Balaban J connectivity index is 1.58. The Morgan fingerprint density at radius 3 is 2.54 bits per heavy atom. The number of hydrogen-bond acceptors (Lipinski definition) is 5. The Morgan fingerprint density at radius 1 is 1.21 bits per heavy atom. The molecule has 0 bridgehead atoms. The maximum absolute atomic E-state index is 12.6. The summed E-state index contributed by atoms with van der Waals surface area (Å²) in [5.74, 6) is 1.42. The lowest BCUT2D eigenvalue weighted by Crippen LogP contribution is -2.49. The zero-order valence-electron chi connectivity index (χ0n) is 14.2. The lowest BCUT2D eigenvalue weighted by Gasteiger charge is -2.34. The molecule has 0 aromatic carbocycles. The largest absolute Gasteiger partial charge is 0.494 e. The molecule has 0 aliphatic carbocycles. The van der Waals surface area contributed by atoms with Crippen LogP contribution in [0, 0.1) is 0 Å². The summed E-state index contributed by atoms with van der Waals surface area (Å²) in [6.07, 6.45) is 8.29. The SMILES string of the molecule is CCCn1ccc(C(=O)N2CCN(c3ncc(OC)cn3)CC2)c1. The van der Waals surface area contributed by atoms with Crippen molar-refractivity contribution in [3.63, 3.8) is 0 Å². The number of aromatic nitrogens is 3. The van der Waals surface area contributed by atoms with E-state index in [9.17, 15) is 4.79 Å². The number of hydrogen-bond donors (Lipinski definition) is 0. The van der Waals surface area contributed by atoms with Crippen molar-refractivity contribution >= 4 is 11.9 Å². The number of carbonyl (C=O) groups is 1. The van der Waals surface area contributed by atoms with Crippen molar-refractivity contribution < 1.29 is 9.53 Å². The van der Waals surface area contributed by atoms with Crippen LogP contribution in [0.4, 0.5) is 5.95 Å². The monoisotopic (exact) mass is 329 g/mol. The minimum absolute atomic E-state index is 0.0974. The molecule has 24 heavy (non-hydrogen) atoms. The van der Waals surface area contributed by atoms with Gasteiger partial charge in [-0.2, -0.15) is 0 Å². The molecule has 0 unspecified atom stereocenters. The summed E-state index contributed by atoms with van der Waals surface area (Å²) >= 11 is 0. The molecule has 1 aliphatic heterocycles. The van der Waals surface area contributed by atoms with E-state index in [4.69, 9.17) is 4.74 Å². The number of carbonyl (C=O) groups excluding carboxylic acids is 1. The van der Waals surface area contributed by atoms with Crippen LogP contribution in [0.1, 0.15) is 23.7 Å². The third kappa shape index (κ3) is 3.50. The van der Waals surface area contributed by atoms with Crippen LogP contribution in [0.3, 0.4) is 0 Å². The van der Waals surface area contributed by atoms with Crippen molar-refractivity contribution in [1.29, 1.82) is 0 Å². The molecule has 1 saturated heterocycles. The van der Waals surface area contributed by atoms with Gasteiger partial charge in [-0.15, -0.1) is 0 Å². The highest BCUT2D eigenvalue weighted by Gasteiger charge is 2.23. The molecule has 3 rings (SSSR count). The smallest absolute Gasteiger partial charge is 0.255 e. The molecule has 7 heteroatoms. The van der Waals surface area contributed by atoms with E-state index in [1.54, 1.807) is 19.5 Å². The van der Waals surface area contributed by atoms with Gasteiger partial charge in [-0.25, -0.2) is 9.97 Å². The zero-order valence-corrected chi connectivity index (χ0v) is 14.2. The summed E-state index contributed by atoms with van der Waals surface area (Å²) in [6, 6.07) is 1.90. The van der Waals surface area contributed by atoms with E-state index in [-0.39, 0.29) is 5.91 Å². The predicted molar refractivity (Wildman–Crippen MR) is 91.4 cm³/mol. The Hall–Kier alpha value is -2.57. The van der Waals surface area contributed by atoms with E-state index in [0.717, 1.165) is 31.6 Å². The van der Waals surface area contributed by atoms with Crippen LogP contribution in [-0.2, 0) is 6.54 Å². The highest BCUT2D eigenvalue weighted by atomic mass is 16.5. The molecule has 1 aliphatic rings. The molecule has 0 saturated carbocycles. The van der Waals surface area contributed by atoms with E-state index in [1.807, 2.05) is 23.4 Å². The Labute approximate surface area is 141 Å². The van der Waals surface area contributed by atoms with E-state index < -0.39 is 0 Å². The number of piperazine rings is 1. The fourth-order valence-electron chi connectivity index (χ4n) is 2.83. The molecule has 0 N–H and O–H groups in total. The maximum Gasteiger partial charge on any atom is 0.255 e. The standard InChI is InChI=1S/C17H23N5O2/c1-3-5-20-6-4-14(13-20)16(23)21-7-9-22(10-8-21)17-18-11-15(24-2)12-19-17/h4,6,11-13H,3,5,7-10H2,1-2H3. The quantitative estimate of drug-likeness (QED) is 0.835. The van der Waals surface area contributed by atoms with Crippen LogP contribution in [0.25, 0.3) is 0 Å². The lowest BCUT2D eigenvalue weighted by molar-refractivity contribution is 0.0746. The lowest BCUT2D eigenvalue weighted by atomic mass is 10.2. The van der Waals surface area contributed by atoms with Gasteiger partial charge in [0.25, 0.3) is 5.91 Å². The van der Waals surface area contributed by atoms with E-state index >= 15 is 0 Å². The van der Waals surface area contributed by atoms with E-state index in [2.05, 4.69) is 26.4 Å². The van der Waals surface area contributed by atoms with E-state index in [0.29, 0.717) is 24.8 Å². The number of methoxy groups -OCH3 is 1. The minimum Gasteiger partial charge on any atom is -0.494 e. The van der Waals surface area contributed by atoms with Crippen LogP contribution >= 0.6 is 0 Å². The van der Waals surface area contributed by atoms with Crippen LogP contribution in [0.15, 0.2) is 30.9 Å². The third-order valence-electron chi connectivity index (χ3n) is 4.18. The Bertz CT molecular complexity index is 675. The molecular weight excluding hydrogens is 306 g/mol. The van der Waals surface area contributed by atoms with Gasteiger partial charge in [0.2, 0.25) is 5.95 Å². The highest BCUT2D eigenvalue weighted by Crippen LogP contribution is 2.15. The Morgan fingerprint density at radius 2 is 1.92 bits per heavy atom. The molecule has 128 valence electrons. The summed E-state index contributed by atoms with van der Waals surface area (Å²) in [6.45, 7) is 5.87. The maximum atomic E-state index is 12.6. The first-order valence-corrected chi connectivity index (χ1v) is 8.27. The first kappa shape index (κ1) is 16.3. The second kappa shape index (κ2) is 7.33. The number of rotatable bonds is 5. The summed E-state index contributed by atoms with van der Waals surface area (Å²) in [5.41, 5.74) is 0.762. The molecule has 7 nitrogen and oxygen atoms in total. The van der Waals surface area contributed by atoms with Crippen molar-refractivity contribution in [1.82, 2.24) is 19.4 Å². The van der Waals surface area contributed by atoms with E-state index in [1.165, 1.54) is 0 Å². The predicted octanol–water partition coefficient (Wildman–Crippen LogP) is 1.66. The Kier molecular flexibility index (Phi) is 4.98. The van der Waals surface area contributed by atoms with Gasteiger partial charge in [0.05, 0.1) is 25.1 Å². The molecule has 1 amide bonds. The number of aryl methyl sites for hydroxylation is 1. The summed E-state index contributed by atoms with van der Waals surface area (Å²) < 4.78 is 7.14. The number of nitrogens with zero attached hydrogens (tertiary/aromatic N) is 5. The average molecular weight is 329 g/mol. The fraction of sp³-hybridized carbons (Fsp3) is 0.471. The first-order valence-electron chi connectivity index (χ1n) is 8.27. The molecular formula is C17H23N5O2. The van der Waals surface area contributed by atoms with Gasteiger partial charge < -0.3 is 19.1 Å². The molecule has 3 heterocycles. The second-order valence-electron chi connectivity index (χ2n) is 5.84. The fourth-order valence-corrected chi connectivity index (χ4v) is 2.83. The van der Waals surface area contributed by atoms with Crippen molar-refractivity contribution in [2.45, 2.75) is 19.9 Å². The van der Waals surface area contributed by atoms with Crippen LogP contribution in [-0.4, -0.2) is 58.6 Å². The third-order valence-corrected chi connectivity index (χ3v) is 4.18. The molecule has 0 radical (unpaired) electrons. The van der Waals surface area contributed by atoms with Crippen molar-refractivity contribution in [3.8, 4) is 5.75 Å². The molecule has 0 spiro atoms. The average Bonchev–Trinajstić information content (AvgIpc) is 3.10. The van der Waals surface area contributed by atoms with Crippen molar-refractivity contribution in [2.75, 3.05) is 38.2 Å². The van der Waals surface area contributed by atoms with Crippen molar-refractivity contribution in [2.24, 2.45) is 0 Å². The van der Waals surface area contributed by atoms with Gasteiger partial charge in [0.1, 0.15) is 0 Å². The van der Waals surface area contributed by atoms with Gasteiger partial charge in [0.15, 0.2) is 5.75 Å². The number of ether oxygens (including phenoxy) is 1. The van der Waals surface area contributed by atoms with Gasteiger partial charge in [-0.05, 0) is 12.5 Å². The van der Waals surface area contributed by atoms with Crippen LogP contribution in [0.5, 0.6) is 5.75 Å². The molecule has 0 atom stereocenters. The molecule has 2 aromatic rings. The van der Waals surface area contributed by atoms with Crippen LogP contribution < -0.4 is 9.64 Å². The number of anilines is 1. The minimum atomic E-state index is 0.0974. The van der Waals surface area contributed by atoms with Gasteiger partial charge in [-0.3, -0.25) is 4.79 Å². The summed E-state index contributed by atoms with van der Waals surface area (Å²) in [4.78, 5) is 25.2.